The minimum absolute atomic E-state index is 0.0732. The van der Waals surface area contributed by atoms with Gasteiger partial charge in [-0.05, 0) is 24.5 Å². The minimum Gasteiger partial charge on any atom is -0.476 e. The molecule has 0 saturated heterocycles. The summed E-state index contributed by atoms with van der Waals surface area (Å²) in [7, 11) is 1.94. The molecule has 0 aliphatic rings. The molecular formula is C17H20ClN3O2. The molecule has 0 unspecified atom stereocenters. The van der Waals surface area contributed by atoms with Crippen molar-refractivity contribution in [3.8, 4) is 11.3 Å². The van der Waals surface area contributed by atoms with Crippen LogP contribution >= 0.6 is 11.6 Å². The zero-order chi connectivity index (χ0) is 17.0. The van der Waals surface area contributed by atoms with Crippen molar-refractivity contribution in [1.82, 2.24) is 9.97 Å². The van der Waals surface area contributed by atoms with Gasteiger partial charge < -0.3 is 10.0 Å². The van der Waals surface area contributed by atoms with Gasteiger partial charge in [0.25, 0.3) is 0 Å². The molecule has 2 rings (SSSR count). The molecule has 0 aliphatic carbocycles. The Morgan fingerprint density at radius 3 is 2.52 bits per heavy atom. The van der Waals surface area contributed by atoms with Crippen molar-refractivity contribution in [2.75, 3.05) is 18.5 Å². The molecule has 0 spiro atoms. The maximum absolute atomic E-state index is 11.2. The third-order valence-corrected chi connectivity index (χ3v) is 3.75. The number of nitrogens with zero attached hydrogens (tertiary/aromatic N) is 3. The number of carbonyl (C=O) groups is 1. The van der Waals surface area contributed by atoms with E-state index in [1.165, 1.54) is 6.20 Å². The van der Waals surface area contributed by atoms with Gasteiger partial charge >= 0.3 is 5.97 Å². The number of hydrogen-bond acceptors (Lipinski definition) is 4. The van der Waals surface area contributed by atoms with Crippen LogP contribution in [0.5, 0.6) is 0 Å². The number of benzene rings is 1. The highest BCUT2D eigenvalue weighted by molar-refractivity contribution is 6.30. The van der Waals surface area contributed by atoms with Crippen LogP contribution in [0, 0.1) is 5.92 Å². The first-order valence-corrected chi connectivity index (χ1v) is 7.83. The fourth-order valence-electron chi connectivity index (χ4n) is 2.12. The Bertz CT molecular complexity index is 687. The topological polar surface area (TPSA) is 66.3 Å². The van der Waals surface area contributed by atoms with Gasteiger partial charge in [-0.3, -0.25) is 0 Å². The summed E-state index contributed by atoms with van der Waals surface area (Å²) in [6.45, 7) is 5.14. The predicted molar refractivity (Wildman–Crippen MR) is 92.2 cm³/mol. The fraction of sp³-hybridized carbons (Fsp3) is 0.353. The Labute approximate surface area is 141 Å². The highest BCUT2D eigenvalue weighted by Crippen LogP contribution is 2.28. The largest absolute Gasteiger partial charge is 0.476 e. The molecule has 1 aromatic heterocycles. The monoisotopic (exact) mass is 333 g/mol. The van der Waals surface area contributed by atoms with Crippen LogP contribution in [-0.4, -0.2) is 34.6 Å². The van der Waals surface area contributed by atoms with E-state index in [-0.39, 0.29) is 5.69 Å². The number of rotatable bonds is 6. The number of anilines is 1. The lowest BCUT2D eigenvalue weighted by molar-refractivity contribution is 0.0690. The summed E-state index contributed by atoms with van der Waals surface area (Å²) in [5.74, 6) is 0.143. The van der Waals surface area contributed by atoms with Crippen LogP contribution in [0.2, 0.25) is 5.02 Å². The van der Waals surface area contributed by atoms with Crippen LogP contribution in [-0.2, 0) is 0 Å². The number of aromatic carboxylic acids is 1. The number of carboxylic acid groups (broad SMARTS) is 1. The Hall–Kier alpha value is -2.14. The number of halogens is 1. The van der Waals surface area contributed by atoms with E-state index in [0.717, 1.165) is 18.5 Å². The minimum atomic E-state index is -1.09. The molecule has 0 amide bonds. The van der Waals surface area contributed by atoms with E-state index in [1.807, 2.05) is 24.1 Å². The molecule has 0 radical (unpaired) electrons. The van der Waals surface area contributed by atoms with Crippen molar-refractivity contribution in [2.24, 2.45) is 5.92 Å². The van der Waals surface area contributed by atoms with Crippen molar-refractivity contribution >= 4 is 23.4 Å². The molecule has 23 heavy (non-hydrogen) atoms. The van der Waals surface area contributed by atoms with Crippen LogP contribution in [0.25, 0.3) is 11.3 Å². The molecular weight excluding hydrogens is 314 g/mol. The van der Waals surface area contributed by atoms with E-state index in [4.69, 9.17) is 16.7 Å². The molecule has 1 heterocycles. The lowest BCUT2D eigenvalue weighted by Gasteiger charge is -2.21. The zero-order valence-electron chi connectivity index (χ0n) is 13.5. The smallest absolute Gasteiger partial charge is 0.356 e. The molecule has 1 N–H and O–H groups in total. The molecule has 0 aliphatic heterocycles. The van der Waals surface area contributed by atoms with Gasteiger partial charge in [-0.2, -0.15) is 0 Å². The van der Waals surface area contributed by atoms with Crippen molar-refractivity contribution in [2.45, 2.75) is 20.3 Å². The van der Waals surface area contributed by atoms with Gasteiger partial charge in [0.15, 0.2) is 11.5 Å². The van der Waals surface area contributed by atoms with E-state index < -0.39 is 5.97 Å². The average molecular weight is 334 g/mol. The summed E-state index contributed by atoms with van der Waals surface area (Å²) in [6.07, 6.45) is 2.31. The summed E-state index contributed by atoms with van der Waals surface area (Å²) >= 11 is 5.93. The highest BCUT2D eigenvalue weighted by atomic mass is 35.5. The van der Waals surface area contributed by atoms with Gasteiger partial charge in [0, 0.05) is 24.2 Å². The lowest BCUT2D eigenvalue weighted by atomic mass is 10.1. The first-order valence-electron chi connectivity index (χ1n) is 7.46. The van der Waals surface area contributed by atoms with Gasteiger partial charge in [0.1, 0.15) is 5.69 Å². The standard InChI is InChI=1S/C17H20ClN3O2/c1-11(2)8-9-21(3)16-15(12-4-6-13(18)7-5-12)20-14(10-19-16)17(22)23/h4-7,10-11H,8-9H2,1-3H3,(H,22,23). The van der Waals surface area contributed by atoms with Gasteiger partial charge in [-0.25, -0.2) is 14.8 Å². The molecule has 1 aromatic carbocycles. The van der Waals surface area contributed by atoms with Crippen LogP contribution in [0.15, 0.2) is 30.5 Å². The first-order chi connectivity index (χ1) is 10.9. The van der Waals surface area contributed by atoms with E-state index >= 15 is 0 Å². The van der Waals surface area contributed by atoms with Gasteiger partial charge in [0.2, 0.25) is 0 Å². The van der Waals surface area contributed by atoms with Crippen LogP contribution in [0.1, 0.15) is 30.8 Å². The number of hydrogen-bond donors (Lipinski definition) is 1. The molecule has 122 valence electrons. The van der Waals surface area contributed by atoms with Crippen LogP contribution < -0.4 is 4.90 Å². The molecule has 2 aromatic rings. The number of carboxylic acids is 1. The third kappa shape index (κ3) is 4.42. The van der Waals surface area contributed by atoms with Crippen LogP contribution in [0.4, 0.5) is 5.82 Å². The van der Waals surface area contributed by atoms with E-state index in [1.54, 1.807) is 12.1 Å². The lowest BCUT2D eigenvalue weighted by Crippen LogP contribution is -2.22. The SMILES string of the molecule is CC(C)CCN(C)c1ncc(C(=O)O)nc1-c1ccc(Cl)cc1. The third-order valence-electron chi connectivity index (χ3n) is 3.49. The van der Waals surface area contributed by atoms with Crippen molar-refractivity contribution in [1.29, 1.82) is 0 Å². The summed E-state index contributed by atoms with van der Waals surface area (Å²) in [4.78, 5) is 21.8. The van der Waals surface area contributed by atoms with E-state index in [0.29, 0.717) is 22.5 Å². The molecule has 0 saturated carbocycles. The van der Waals surface area contributed by atoms with Gasteiger partial charge in [-0.1, -0.05) is 37.6 Å². The zero-order valence-corrected chi connectivity index (χ0v) is 14.2. The van der Waals surface area contributed by atoms with Crippen LogP contribution in [0.3, 0.4) is 0 Å². The quantitative estimate of drug-likeness (QED) is 0.866. The Balaban J connectivity index is 2.44. The van der Waals surface area contributed by atoms with Crippen molar-refractivity contribution in [3.05, 3.63) is 41.2 Å². The molecule has 0 fully saturated rings. The highest BCUT2D eigenvalue weighted by Gasteiger charge is 2.16. The maximum Gasteiger partial charge on any atom is 0.356 e. The van der Waals surface area contributed by atoms with Crippen molar-refractivity contribution in [3.63, 3.8) is 0 Å². The second-order valence-electron chi connectivity index (χ2n) is 5.84. The van der Waals surface area contributed by atoms with E-state index in [2.05, 4.69) is 23.8 Å². The Morgan fingerprint density at radius 2 is 1.96 bits per heavy atom. The molecule has 6 heteroatoms. The summed E-state index contributed by atoms with van der Waals surface area (Å²) in [5.41, 5.74) is 1.26. The second kappa shape index (κ2) is 7.42. The average Bonchev–Trinajstić information content (AvgIpc) is 2.52. The Kier molecular flexibility index (Phi) is 5.55. The summed E-state index contributed by atoms with van der Waals surface area (Å²) in [6, 6.07) is 7.14. The second-order valence-corrected chi connectivity index (χ2v) is 6.28. The fourth-order valence-corrected chi connectivity index (χ4v) is 2.25. The summed E-state index contributed by atoms with van der Waals surface area (Å²) < 4.78 is 0. The molecule has 0 atom stereocenters. The maximum atomic E-state index is 11.2. The Morgan fingerprint density at radius 1 is 1.30 bits per heavy atom. The normalized spacial score (nSPS) is 10.8. The van der Waals surface area contributed by atoms with E-state index in [9.17, 15) is 4.79 Å². The first kappa shape index (κ1) is 17.2. The summed E-state index contributed by atoms with van der Waals surface area (Å²) in [5, 5.41) is 9.79. The predicted octanol–water partition coefficient (Wildman–Crippen LogP) is 3.98. The molecule has 0 bridgehead atoms. The number of aromatic nitrogens is 2. The van der Waals surface area contributed by atoms with Gasteiger partial charge in [-0.15, -0.1) is 0 Å². The van der Waals surface area contributed by atoms with Crippen molar-refractivity contribution < 1.29 is 9.90 Å². The molecule has 5 nitrogen and oxygen atoms in total. The van der Waals surface area contributed by atoms with Gasteiger partial charge in [0.05, 0.1) is 6.20 Å².